The molecule has 1 atom stereocenters. The summed E-state index contributed by atoms with van der Waals surface area (Å²) in [7, 11) is 1.53. The zero-order valence-corrected chi connectivity index (χ0v) is 23.3. The zero-order valence-electron chi connectivity index (χ0n) is 22.4. The van der Waals surface area contributed by atoms with Crippen LogP contribution in [0.5, 0.6) is 11.5 Å². The number of Topliss-reactive ketones (excluding diaryl/α,β-unsaturated/α-hetero) is 1. The summed E-state index contributed by atoms with van der Waals surface area (Å²) in [5.74, 6) is -1.36. The van der Waals surface area contributed by atoms with Crippen LogP contribution in [0.3, 0.4) is 0 Å². The fourth-order valence-corrected chi connectivity index (χ4v) is 5.35. The Hall–Kier alpha value is -4.18. The maximum Gasteiger partial charge on any atom is 0.350 e. The number of ether oxygens (including phenoxy) is 3. The van der Waals surface area contributed by atoms with Gasteiger partial charge in [-0.1, -0.05) is 30.4 Å². The molecule has 0 aliphatic carbocycles. The SMILES string of the molecule is CCCOc1ccc(C(O)=C2C(=O)C(=O)N(c3nc(C)c(C(=O)OCC)s3)C2c2ccc(OC)cc2)c(C)c1. The predicted molar refractivity (Wildman–Crippen MR) is 148 cm³/mol. The monoisotopic (exact) mass is 550 g/mol. The Morgan fingerprint density at radius 2 is 1.77 bits per heavy atom. The van der Waals surface area contributed by atoms with Crippen LogP contribution in [0.15, 0.2) is 48.0 Å². The second kappa shape index (κ2) is 11.7. The van der Waals surface area contributed by atoms with E-state index in [4.69, 9.17) is 14.2 Å². The number of ketones is 1. The molecule has 3 aromatic rings. The van der Waals surface area contributed by atoms with Crippen molar-refractivity contribution < 1.29 is 33.7 Å². The number of aryl methyl sites for hydroxylation is 2. The van der Waals surface area contributed by atoms with Crippen molar-refractivity contribution >= 4 is 39.9 Å². The average Bonchev–Trinajstić information content (AvgIpc) is 3.43. The van der Waals surface area contributed by atoms with Crippen molar-refractivity contribution in [3.8, 4) is 11.5 Å². The van der Waals surface area contributed by atoms with Crippen LogP contribution >= 0.6 is 11.3 Å². The van der Waals surface area contributed by atoms with Crippen molar-refractivity contribution in [3.05, 3.63) is 75.3 Å². The molecule has 0 saturated carbocycles. The molecule has 10 heteroatoms. The third kappa shape index (κ3) is 5.37. The first-order valence-electron chi connectivity index (χ1n) is 12.5. The van der Waals surface area contributed by atoms with E-state index in [0.29, 0.717) is 40.5 Å². The molecule has 1 aliphatic rings. The number of benzene rings is 2. The molecule has 1 N–H and O–H groups in total. The number of aliphatic hydroxyl groups is 1. The molecule has 204 valence electrons. The summed E-state index contributed by atoms with van der Waals surface area (Å²) >= 11 is 0.961. The Kier molecular flexibility index (Phi) is 8.35. The Morgan fingerprint density at radius 1 is 1.08 bits per heavy atom. The van der Waals surface area contributed by atoms with Crippen molar-refractivity contribution in [2.75, 3.05) is 25.2 Å². The second-order valence-corrected chi connectivity index (χ2v) is 9.88. The molecular formula is C29H30N2O7S. The van der Waals surface area contributed by atoms with E-state index in [1.165, 1.54) is 12.0 Å². The Bertz CT molecular complexity index is 1440. The fraction of sp³-hybridized carbons (Fsp3) is 0.310. The molecule has 1 saturated heterocycles. The summed E-state index contributed by atoms with van der Waals surface area (Å²) < 4.78 is 16.1. The lowest BCUT2D eigenvalue weighted by Crippen LogP contribution is -2.29. The van der Waals surface area contributed by atoms with E-state index >= 15 is 0 Å². The fourth-order valence-electron chi connectivity index (χ4n) is 4.36. The highest BCUT2D eigenvalue weighted by Gasteiger charge is 2.48. The highest BCUT2D eigenvalue weighted by Crippen LogP contribution is 2.44. The van der Waals surface area contributed by atoms with Crippen LogP contribution in [0.2, 0.25) is 0 Å². The lowest BCUT2D eigenvalue weighted by Gasteiger charge is -2.23. The van der Waals surface area contributed by atoms with E-state index in [9.17, 15) is 19.5 Å². The van der Waals surface area contributed by atoms with Crippen molar-refractivity contribution in [1.82, 2.24) is 4.98 Å². The lowest BCUT2D eigenvalue weighted by molar-refractivity contribution is -0.132. The molecule has 4 rings (SSSR count). The topological polar surface area (TPSA) is 115 Å². The number of anilines is 1. The number of rotatable bonds is 9. The smallest absolute Gasteiger partial charge is 0.350 e. The quantitative estimate of drug-likeness (QED) is 0.164. The van der Waals surface area contributed by atoms with E-state index in [0.717, 1.165) is 17.8 Å². The summed E-state index contributed by atoms with van der Waals surface area (Å²) in [4.78, 5) is 45.3. The summed E-state index contributed by atoms with van der Waals surface area (Å²) in [5, 5.41) is 11.6. The molecule has 1 aromatic heterocycles. The first-order valence-corrected chi connectivity index (χ1v) is 13.4. The Labute approximate surface area is 230 Å². The number of esters is 1. The molecule has 0 radical (unpaired) electrons. The van der Waals surface area contributed by atoms with Gasteiger partial charge >= 0.3 is 11.9 Å². The van der Waals surface area contributed by atoms with Gasteiger partial charge in [0.2, 0.25) is 0 Å². The number of nitrogens with zero attached hydrogens (tertiary/aromatic N) is 2. The van der Waals surface area contributed by atoms with Gasteiger partial charge in [-0.15, -0.1) is 0 Å². The van der Waals surface area contributed by atoms with Crippen LogP contribution in [-0.2, 0) is 14.3 Å². The number of thiazole rings is 1. The minimum Gasteiger partial charge on any atom is -0.507 e. The van der Waals surface area contributed by atoms with Gasteiger partial charge in [0, 0.05) is 5.56 Å². The molecule has 39 heavy (non-hydrogen) atoms. The van der Waals surface area contributed by atoms with Crippen LogP contribution in [-0.4, -0.2) is 48.1 Å². The highest BCUT2D eigenvalue weighted by molar-refractivity contribution is 7.17. The molecule has 0 spiro atoms. The molecule has 1 amide bonds. The number of carbonyl (C=O) groups excluding carboxylic acids is 3. The van der Waals surface area contributed by atoms with Crippen LogP contribution in [0.25, 0.3) is 5.76 Å². The van der Waals surface area contributed by atoms with Crippen LogP contribution in [0, 0.1) is 13.8 Å². The van der Waals surface area contributed by atoms with Gasteiger partial charge in [0.15, 0.2) is 5.13 Å². The van der Waals surface area contributed by atoms with Crippen LogP contribution < -0.4 is 14.4 Å². The summed E-state index contributed by atoms with van der Waals surface area (Å²) in [6, 6.07) is 11.0. The molecule has 1 unspecified atom stereocenters. The first-order chi connectivity index (χ1) is 18.7. The number of carbonyl (C=O) groups is 3. The predicted octanol–water partition coefficient (Wildman–Crippen LogP) is 5.36. The van der Waals surface area contributed by atoms with E-state index < -0.39 is 23.7 Å². The van der Waals surface area contributed by atoms with Crippen molar-refractivity contribution in [2.24, 2.45) is 0 Å². The van der Waals surface area contributed by atoms with Gasteiger partial charge in [-0.25, -0.2) is 9.78 Å². The summed E-state index contributed by atoms with van der Waals surface area (Å²) in [6.07, 6.45) is 0.847. The van der Waals surface area contributed by atoms with Crippen LogP contribution in [0.4, 0.5) is 5.13 Å². The van der Waals surface area contributed by atoms with Gasteiger partial charge in [-0.05, 0) is 68.7 Å². The number of amides is 1. The second-order valence-electron chi connectivity index (χ2n) is 8.90. The minimum atomic E-state index is -0.994. The maximum absolute atomic E-state index is 13.5. The highest BCUT2D eigenvalue weighted by atomic mass is 32.1. The Morgan fingerprint density at radius 3 is 2.38 bits per heavy atom. The third-order valence-electron chi connectivity index (χ3n) is 6.25. The minimum absolute atomic E-state index is 0.0824. The van der Waals surface area contributed by atoms with E-state index in [1.807, 2.05) is 6.92 Å². The standard InChI is InChI=1S/C29H30N2O7S/c1-6-14-38-20-12-13-21(16(3)15-20)24(32)22-23(18-8-10-19(36-5)11-9-18)31(27(34)25(22)33)29-30-17(4)26(39-29)28(35)37-7-2/h8-13,15,23,32H,6-7,14H2,1-5H3. The van der Waals surface area contributed by atoms with Crippen molar-refractivity contribution in [3.63, 3.8) is 0 Å². The molecule has 2 aromatic carbocycles. The largest absolute Gasteiger partial charge is 0.507 e. The Balaban J connectivity index is 1.88. The normalized spacial score (nSPS) is 16.4. The number of aromatic nitrogens is 1. The number of aliphatic hydroxyl groups excluding tert-OH is 1. The van der Waals surface area contributed by atoms with E-state index in [2.05, 4.69) is 4.98 Å². The van der Waals surface area contributed by atoms with Crippen molar-refractivity contribution in [1.29, 1.82) is 0 Å². The van der Waals surface area contributed by atoms with E-state index in [1.54, 1.807) is 63.2 Å². The van der Waals surface area contributed by atoms with Gasteiger partial charge in [-0.2, -0.15) is 0 Å². The lowest BCUT2D eigenvalue weighted by atomic mass is 9.94. The van der Waals surface area contributed by atoms with Gasteiger partial charge in [0.05, 0.1) is 37.6 Å². The molecular weight excluding hydrogens is 520 g/mol. The molecule has 0 bridgehead atoms. The number of methoxy groups -OCH3 is 1. The number of hydrogen-bond donors (Lipinski definition) is 1. The maximum atomic E-state index is 13.5. The van der Waals surface area contributed by atoms with Crippen molar-refractivity contribution in [2.45, 2.75) is 40.2 Å². The zero-order chi connectivity index (χ0) is 28.3. The summed E-state index contributed by atoms with van der Waals surface area (Å²) in [6.45, 7) is 7.86. The van der Waals surface area contributed by atoms with Gasteiger partial charge in [-0.3, -0.25) is 14.5 Å². The molecule has 9 nitrogen and oxygen atoms in total. The molecule has 2 heterocycles. The van der Waals surface area contributed by atoms with Gasteiger partial charge < -0.3 is 19.3 Å². The van der Waals surface area contributed by atoms with Gasteiger partial charge in [0.25, 0.3) is 5.78 Å². The third-order valence-corrected chi connectivity index (χ3v) is 7.39. The van der Waals surface area contributed by atoms with E-state index in [-0.39, 0.29) is 27.9 Å². The molecule has 1 aliphatic heterocycles. The number of hydrogen-bond acceptors (Lipinski definition) is 9. The first kappa shape index (κ1) is 27.8. The summed E-state index contributed by atoms with van der Waals surface area (Å²) in [5.41, 5.74) is 1.93. The average molecular weight is 551 g/mol. The van der Waals surface area contributed by atoms with Gasteiger partial charge in [0.1, 0.15) is 22.1 Å². The van der Waals surface area contributed by atoms with Crippen LogP contribution in [0.1, 0.15) is 58.4 Å². The molecule has 1 fully saturated rings.